The number of carbonyl (C=O) groups excluding carboxylic acids is 1. The van der Waals surface area contributed by atoms with Crippen LogP contribution in [0, 0.1) is 0 Å². The van der Waals surface area contributed by atoms with Crippen LogP contribution in [0.25, 0.3) is 22.2 Å². The Bertz CT molecular complexity index is 1250. The minimum Gasteiger partial charge on any atom is -0.493 e. The number of aromatic nitrogens is 3. The third-order valence-electron chi connectivity index (χ3n) is 6.87. The van der Waals surface area contributed by atoms with Crippen molar-refractivity contribution in [3.8, 4) is 17.0 Å². The Kier molecular flexibility index (Phi) is 6.48. The number of aryl methyl sites for hydroxylation is 1. The average molecular weight is 481 g/mol. The van der Waals surface area contributed by atoms with Gasteiger partial charge in [0.2, 0.25) is 5.91 Å². The maximum atomic E-state index is 11.6. The van der Waals surface area contributed by atoms with Gasteiger partial charge in [-0.1, -0.05) is 0 Å². The second-order valence-electron chi connectivity index (χ2n) is 9.33. The number of pyridine rings is 2. The molecule has 9 nitrogen and oxygen atoms in total. The maximum Gasteiger partial charge on any atom is 0.222 e. The fraction of sp³-hybridized carbons (Fsp3) is 0.500. The molecule has 0 saturated carbocycles. The number of hydrogen-bond acceptors (Lipinski definition) is 7. The largest absolute Gasteiger partial charge is 0.493 e. The molecule has 5 rings (SSSR count). The van der Waals surface area contributed by atoms with Crippen LogP contribution in [-0.2, 0) is 38.1 Å². The summed E-state index contributed by atoms with van der Waals surface area (Å²) in [4.78, 5) is 21.1. The molecule has 1 amide bonds. The third kappa shape index (κ3) is 4.51. The summed E-state index contributed by atoms with van der Waals surface area (Å²) in [5.41, 5.74) is 4.13. The van der Waals surface area contributed by atoms with Crippen LogP contribution in [0.1, 0.15) is 37.9 Å². The molecular formula is C26H32N4O5. The standard InChI is InChI=1S/C26H32N4O5/c1-16(32-4)5-8-34-23-12-21(29-25-18(23)6-9-35-26(25)7-10-33-15-26)20-14-30(3)22-13-27-24(11-19(20)22)28-17(2)31/h11-14,16H,5-10,15H2,1-4H3,(H,27,28,31)/t16-,26?/m1/s1. The van der Waals surface area contributed by atoms with Crippen molar-refractivity contribution in [3.63, 3.8) is 0 Å². The molecule has 1 fully saturated rings. The van der Waals surface area contributed by atoms with E-state index in [1.807, 2.05) is 36.9 Å². The molecule has 0 radical (unpaired) electrons. The van der Waals surface area contributed by atoms with E-state index >= 15 is 0 Å². The van der Waals surface area contributed by atoms with Crippen LogP contribution in [-0.4, -0.2) is 60.1 Å². The van der Waals surface area contributed by atoms with Gasteiger partial charge in [0, 0.05) is 75.7 Å². The number of carbonyl (C=O) groups is 1. The number of amides is 1. The van der Waals surface area contributed by atoms with Gasteiger partial charge in [-0.25, -0.2) is 9.97 Å². The van der Waals surface area contributed by atoms with Crippen molar-refractivity contribution in [2.24, 2.45) is 7.05 Å². The molecule has 1 saturated heterocycles. The van der Waals surface area contributed by atoms with Crippen molar-refractivity contribution >= 4 is 22.6 Å². The second-order valence-corrected chi connectivity index (χ2v) is 9.33. The number of nitrogens with zero attached hydrogens (tertiary/aromatic N) is 3. The summed E-state index contributed by atoms with van der Waals surface area (Å²) in [6.45, 7) is 5.80. The van der Waals surface area contributed by atoms with E-state index in [0.29, 0.717) is 32.2 Å². The molecule has 1 unspecified atom stereocenters. The normalized spacial score (nSPS) is 20.2. The number of anilines is 1. The highest BCUT2D eigenvalue weighted by Crippen LogP contribution is 2.44. The molecule has 5 heterocycles. The highest BCUT2D eigenvalue weighted by Gasteiger charge is 2.44. The van der Waals surface area contributed by atoms with E-state index in [1.54, 1.807) is 13.3 Å². The van der Waals surface area contributed by atoms with Gasteiger partial charge in [-0.05, 0) is 13.0 Å². The van der Waals surface area contributed by atoms with Gasteiger partial charge >= 0.3 is 0 Å². The predicted octanol–water partition coefficient (Wildman–Crippen LogP) is 3.59. The summed E-state index contributed by atoms with van der Waals surface area (Å²) >= 11 is 0. The lowest BCUT2D eigenvalue weighted by molar-refractivity contribution is -0.114. The lowest BCUT2D eigenvalue weighted by atomic mass is 9.89. The summed E-state index contributed by atoms with van der Waals surface area (Å²) < 4.78 is 25.8. The zero-order valence-electron chi connectivity index (χ0n) is 20.7. The average Bonchev–Trinajstić information content (AvgIpc) is 3.44. The molecule has 2 aliphatic rings. The number of nitrogens with one attached hydrogen (secondary N) is 1. The van der Waals surface area contributed by atoms with E-state index in [1.165, 1.54) is 6.92 Å². The van der Waals surface area contributed by atoms with Gasteiger partial charge in [0.15, 0.2) is 0 Å². The molecular weight excluding hydrogens is 448 g/mol. The van der Waals surface area contributed by atoms with Gasteiger partial charge in [-0.15, -0.1) is 0 Å². The van der Waals surface area contributed by atoms with E-state index < -0.39 is 5.60 Å². The van der Waals surface area contributed by atoms with Crippen LogP contribution in [0.4, 0.5) is 5.82 Å². The van der Waals surface area contributed by atoms with Crippen molar-refractivity contribution in [1.29, 1.82) is 0 Å². The van der Waals surface area contributed by atoms with E-state index in [0.717, 1.165) is 58.4 Å². The minimum atomic E-state index is -0.547. The summed E-state index contributed by atoms with van der Waals surface area (Å²) in [5, 5.41) is 3.73. The molecule has 3 aromatic heterocycles. The summed E-state index contributed by atoms with van der Waals surface area (Å²) in [5.74, 6) is 1.17. The molecule has 186 valence electrons. The van der Waals surface area contributed by atoms with Crippen LogP contribution in [0.3, 0.4) is 0 Å². The Morgan fingerprint density at radius 3 is 2.94 bits per heavy atom. The van der Waals surface area contributed by atoms with Crippen LogP contribution in [0.2, 0.25) is 0 Å². The first-order valence-electron chi connectivity index (χ1n) is 12.0. The third-order valence-corrected chi connectivity index (χ3v) is 6.87. The highest BCUT2D eigenvalue weighted by atomic mass is 16.6. The summed E-state index contributed by atoms with van der Waals surface area (Å²) in [6, 6.07) is 3.91. The first-order valence-corrected chi connectivity index (χ1v) is 12.0. The lowest BCUT2D eigenvalue weighted by Crippen LogP contribution is -2.37. The maximum absolute atomic E-state index is 11.6. The first kappa shape index (κ1) is 23.7. The fourth-order valence-corrected chi connectivity index (χ4v) is 4.88. The molecule has 1 N–H and O–H groups in total. The molecule has 2 aliphatic heterocycles. The van der Waals surface area contributed by atoms with Crippen LogP contribution in [0.5, 0.6) is 5.75 Å². The fourth-order valence-electron chi connectivity index (χ4n) is 4.88. The van der Waals surface area contributed by atoms with Crippen LogP contribution >= 0.6 is 0 Å². The van der Waals surface area contributed by atoms with Crippen molar-refractivity contribution in [1.82, 2.24) is 14.5 Å². The summed E-state index contributed by atoms with van der Waals surface area (Å²) in [6.07, 6.45) is 6.21. The molecule has 1 spiro atoms. The highest BCUT2D eigenvalue weighted by molar-refractivity contribution is 5.98. The van der Waals surface area contributed by atoms with Crippen LogP contribution < -0.4 is 10.1 Å². The van der Waals surface area contributed by atoms with Gasteiger partial charge in [0.1, 0.15) is 17.2 Å². The van der Waals surface area contributed by atoms with Gasteiger partial charge in [-0.2, -0.15) is 0 Å². The van der Waals surface area contributed by atoms with Gasteiger partial charge in [-0.3, -0.25) is 4.79 Å². The number of fused-ring (bicyclic) bond motifs is 3. The lowest BCUT2D eigenvalue weighted by Gasteiger charge is -2.34. The second kappa shape index (κ2) is 9.56. The molecule has 0 aromatic carbocycles. The molecule has 0 aliphatic carbocycles. The number of methoxy groups -OCH3 is 1. The Morgan fingerprint density at radius 1 is 1.34 bits per heavy atom. The Morgan fingerprint density at radius 2 is 2.20 bits per heavy atom. The predicted molar refractivity (Wildman–Crippen MR) is 132 cm³/mol. The Balaban J connectivity index is 1.63. The monoisotopic (exact) mass is 480 g/mol. The van der Waals surface area contributed by atoms with Crippen molar-refractivity contribution < 1.29 is 23.7 Å². The first-order chi connectivity index (χ1) is 16.9. The molecule has 35 heavy (non-hydrogen) atoms. The van der Waals surface area contributed by atoms with Gasteiger partial charge < -0.3 is 28.8 Å². The summed E-state index contributed by atoms with van der Waals surface area (Å²) in [7, 11) is 3.69. The van der Waals surface area contributed by atoms with E-state index in [-0.39, 0.29) is 12.0 Å². The van der Waals surface area contributed by atoms with Crippen LogP contribution in [0.15, 0.2) is 24.5 Å². The number of ether oxygens (including phenoxy) is 4. The topological polar surface area (TPSA) is 96.7 Å². The van der Waals surface area contributed by atoms with Crippen molar-refractivity contribution in [3.05, 3.63) is 35.8 Å². The molecule has 0 bridgehead atoms. The Labute approximate surface area is 204 Å². The SMILES string of the molecule is CO[C@H](C)CCOc1cc(-c2cn(C)c3cnc(NC(C)=O)cc23)nc2c1CCOC21CCOC1. The molecule has 9 heteroatoms. The quantitative estimate of drug-likeness (QED) is 0.552. The van der Waals surface area contributed by atoms with Gasteiger partial charge in [0.25, 0.3) is 0 Å². The zero-order valence-corrected chi connectivity index (χ0v) is 20.7. The van der Waals surface area contributed by atoms with Crippen molar-refractivity contribution in [2.75, 3.05) is 38.9 Å². The van der Waals surface area contributed by atoms with Gasteiger partial charge in [0.05, 0.1) is 49.0 Å². The molecule has 2 atom stereocenters. The molecule has 3 aromatic rings. The number of rotatable bonds is 7. The van der Waals surface area contributed by atoms with E-state index in [2.05, 4.69) is 10.3 Å². The van der Waals surface area contributed by atoms with E-state index in [9.17, 15) is 4.79 Å². The minimum absolute atomic E-state index is 0.114. The number of hydrogen-bond donors (Lipinski definition) is 1. The smallest absolute Gasteiger partial charge is 0.222 e. The zero-order chi connectivity index (χ0) is 24.6. The van der Waals surface area contributed by atoms with E-state index in [4.69, 9.17) is 23.9 Å². The van der Waals surface area contributed by atoms with Crippen molar-refractivity contribution in [2.45, 2.75) is 44.8 Å². The Hall–Kier alpha value is -3.01.